The number of pyridine rings is 1. The Hall–Kier alpha value is -2.28. The quantitative estimate of drug-likeness (QED) is 0.313. The van der Waals surface area contributed by atoms with Crippen molar-refractivity contribution in [2.45, 2.75) is 44.9 Å². The van der Waals surface area contributed by atoms with Crippen LogP contribution in [-0.4, -0.2) is 38.4 Å². The molecule has 0 aliphatic carbocycles. The number of nitrogens with zero attached hydrogens (tertiary/aromatic N) is 4. The van der Waals surface area contributed by atoms with Crippen LogP contribution in [0.4, 0.5) is 0 Å². The standard InChI is InChI=1S/C16H22N4O3/c1-2-3-4-7-13(11-20(22)12-21)16-19-18-15(23-16)10-14-8-5-6-9-17-14/h5-6,8-9,12-13,22H,2-4,7,10-11H2,1H3. The Morgan fingerprint density at radius 1 is 1.35 bits per heavy atom. The molecule has 7 nitrogen and oxygen atoms in total. The van der Waals surface area contributed by atoms with Crippen LogP contribution in [0.2, 0.25) is 0 Å². The smallest absolute Gasteiger partial charge is 0.233 e. The normalized spacial score (nSPS) is 12.1. The topological polar surface area (TPSA) is 92.3 Å². The summed E-state index contributed by atoms with van der Waals surface area (Å²) in [5.74, 6) is 0.768. The summed E-state index contributed by atoms with van der Waals surface area (Å²) in [6.07, 6.45) is 6.50. The molecule has 1 amide bonds. The van der Waals surface area contributed by atoms with Gasteiger partial charge in [0.1, 0.15) is 0 Å². The lowest BCUT2D eigenvalue weighted by Crippen LogP contribution is -2.24. The predicted octanol–water partition coefficient (Wildman–Crippen LogP) is 2.57. The molecule has 0 saturated carbocycles. The molecule has 1 atom stereocenters. The van der Waals surface area contributed by atoms with Crippen molar-refractivity contribution in [2.24, 2.45) is 0 Å². The summed E-state index contributed by atoms with van der Waals surface area (Å²) in [5.41, 5.74) is 0.849. The maximum atomic E-state index is 10.6. The van der Waals surface area contributed by atoms with Crippen LogP contribution in [0.1, 0.15) is 56.0 Å². The summed E-state index contributed by atoms with van der Waals surface area (Å²) in [6.45, 7) is 2.27. The minimum Gasteiger partial charge on any atom is -0.424 e. The highest BCUT2D eigenvalue weighted by Crippen LogP contribution is 2.23. The Kier molecular flexibility index (Phi) is 6.68. The van der Waals surface area contributed by atoms with Crippen molar-refractivity contribution in [3.63, 3.8) is 0 Å². The first kappa shape index (κ1) is 17.1. The molecule has 0 saturated heterocycles. The summed E-state index contributed by atoms with van der Waals surface area (Å²) >= 11 is 0. The molecule has 23 heavy (non-hydrogen) atoms. The Morgan fingerprint density at radius 3 is 2.91 bits per heavy atom. The van der Waals surface area contributed by atoms with Crippen molar-refractivity contribution in [1.29, 1.82) is 0 Å². The molecule has 0 aromatic carbocycles. The van der Waals surface area contributed by atoms with E-state index in [1.54, 1.807) is 6.20 Å². The van der Waals surface area contributed by atoms with Gasteiger partial charge in [-0.1, -0.05) is 32.3 Å². The second-order valence-corrected chi connectivity index (χ2v) is 5.45. The third kappa shape index (κ3) is 5.45. The lowest BCUT2D eigenvalue weighted by Gasteiger charge is -2.16. The van der Waals surface area contributed by atoms with E-state index in [1.165, 1.54) is 0 Å². The van der Waals surface area contributed by atoms with E-state index in [2.05, 4.69) is 22.1 Å². The zero-order valence-corrected chi connectivity index (χ0v) is 13.3. The maximum absolute atomic E-state index is 10.6. The number of unbranched alkanes of at least 4 members (excludes halogenated alkanes) is 2. The molecule has 2 heterocycles. The number of amides is 1. The van der Waals surface area contributed by atoms with E-state index < -0.39 is 0 Å². The molecule has 0 radical (unpaired) electrons. The number of hydrogen-bond donors (Lipinski definition) is 1. The van der Waals surface area contributed by atoms with Gasteiger partial charge in [0.2, 0.25) is 18.2 Å². The monoisotopic (exact) mass is 318 g/mol. The fourth-order valence-corrected chi connectivity index (χ4v) is 2.36. The van der Waals surface area contributed by atoms with Gasteiger partial charge in [0.15, 0.2) is 0 Å². The third-order valence-electron chi connectivity index (χ3n) is 3.58. The Balaban J connectivity index is 2.04. The number of carbonyl (C=O) groups excluding carboxylic acids is 1. The fourth-order valence-electron chi connectivity index (χ4n) is 2.36. The minimum absolute atomic E-state index is 0.151. The van der Waals surface area contributed by atoms with Crippen molar-refractivity contribution >= 4 is 6.41 Å². The van der Waals surface area contributed by atoms with E-state index in [9.17, 15) is 10.0 Å². The SMILES string of the molecule is CCCCCC(CN(O)C=O)c1nnc(Cc2ccccn2)o1. The number of rotatable bonds is 10. The van der Waals surface area contributed by atoms with Gasteiger partial charge in [0.05, 0.1) is 18.9 Å². The van der Waals surface area contributed by atoms with Crippen LogP contribution >= 0.6 is 0 Å². The number of carbonyl (C=O) groups is 1. The Labute approximate surface area is 135 Å². The first-order valence-corrected chi connectivity index (χ1v) is 7.86. The summed E-state index contributed by atoms with van der Waals surface area (Å²) in [6, 6.07) is 5.65. The summed E-state index contributed by atoms with van der Waals surface area (Å²) < 4.78 is 5.71. The zero-order chi connectivity index (χ0) is 16.5. The highest BCUT2D eigenvalue weighted by molar-refractivity contribution is 5.44. The van der Waals surface area contributed by atoms with Crippen LogP contribution in [0, 0.1) is 0 Å². The largest absolute Gasteiger partial charge is 0.424 e. The highest BCUT2D eigenvalue weighted by Gasteiger charge is 2.21. The second-order valence-electron chi connectivity index (χ2n) is 5.45. The van der Waals surface area contributed by atoms with E-state index in [1.807, 2.05) is 18.2 Å². The molecule has 0 aliphatic heterocycles. The van der Waals surface area contributed by atoms with Gasteiger partial charge in [0.25, 0.3) is 0 Å². The lowest BCUT2D eigenvalue weighted by atomic mass is 10.0. The van der Waals surface area contributed by atoms with Gasteiger partial charge >= 0.3 is 0 Å². The average molecular weight is 318 g/mol. The van der Waals surface area contributed by atoms with Gasteiger partial charge in [-0.3, -0.25) is 15.0 Å². The lowest BCUT2D eigenvalue weighted by molar-refractivity contribution is -0.151. The van der Waals surface area contributed by atoms with Gasteiger partial charge in [-0.25, -0.2) is 5.06 Å². The molecule has 0 spiro atoms. The summed E-state index contributed by atoms with van der Waals surface area (Å²) in [5, 5.41) is 18.2. The molecule has 7 heteroatoms. The van der Waals surface area contributed by atoms with Crippen LogP contribution in [0.25, 0.3) is 0 Å². The molecule has 124 valence electrons. The van der Waals surface area contributed by atoms with Crippen molar-refractivity contribution < 1.29 is 14.4 Å². The van der Waals surface area contributed by atoms with Crippen molar-refractivity contribution in [3.05, 3.63) is 41.9 Å². The highest BCUT2D eigenvalue weighted by atomic mass is 16.5. The van der Waals surface area contributed by atoms with E-state index in [-0.39, 0.29) is 12.5 Å². The van der Waals surface area contributed by atoms with Crippen LogP contribution in [0.5, 0.6) is 0 Å². The van der Waals surface area contributed by atoms with Crippen molar-refractivity contribution in [3.8, 4) is 0 Å². The molecule has 0 fully saturated rings. The van der Waals surface area contributed by atoms with Crippen LogP contribution < -0.4 is 0 Å². The van der Waals surface area contributed by atoms with Crippen molar-refractivity contribution in [2.75, 3.05) is 6.54 Å². The van der Waals surface area contributed by atoms with Gasteiger partial charge < -0.3 is 4.42 Å². The van der Waals surface area contributed by atoms with Crippen LogP contribution in [0.3, 0.4) is 0 Å². The number of aromatic nitrogens is 3. The molecule has 1 N–H and O–H groups in total. The van der Waals surface area contributed by atoms with Gasteiger partial charge in [-0.2, -0.15) is 0 Å². The molecular weight excluding hydrogens is 296 g/mol. The summed E-state index contributed by atoms with van der Waals surface area (Å²) in [7, 11) is 0. The van der Waals surface area contributed by atoms with Gasteiger partial charge in [0, 0.05) is 11.9 Å². The number of hydrogen-bond acceptors (Lipinski definition) is 6. The first-order valence-electron chi connectivity index (χ1n) is 7.86. The zero-order valence-electron chi connectivity index (χ0n) is 13.3. The first-order chi connectivity index (χ1) is 11.2. The Morgan fingerprint density at radius 2 is 2.22 bits per heavy atom. The van der Waals surface area contributed by atoms with E-state index >= 15 is 0 Å². The predicted molar refractivity (Wildman–Crippen MR) is 82.8 cm³/mol. The maximum Gasteiger partial charge on any atom is 0.233 e. The van der Waals surface area contributed by atoms with E-state index in [0.717, 1.165) is 31.4 Å². The third-order valence-corrected chi connectivity index (χ3v) is 3.58. The molecule has 1 unspecified atom stereocenters. The molecule has 2 aromatic rings. The molecule has 2 aromatic heterocycles. The van der Waals surface area contributed by atoms with Crippen LogP contribution in [0.15, 0.2) is 28.8 Å². The second kappa shape index (κ2) is 8.99. The fraction of sp³-hybridized carbons (Fsp3) is 0.500. The van der Waals surface area contributed by atoms with Gasteiger partial charge in [-0.15, -0.1) is 10.2 Å². The van der Waals surface area contributed by atoms with Crippen molar-refractivity contribution in [1.82, 2.24) is 20.2 Å². The average Bonchev–Trinajstić information content (AvgIpc) is 3.03. The Bertz CT molecular complexity index is 588. The van der Waals surface area contributed by atoms with Crippen LogP contribution in [-0.2, 0) is 11.2 Å². The van der Waals surface area contributed by atoms with Gasteiger partial charge in [-0.05, 0) is 18.6 Å². The molecule has 2 rings (SSSR count). The number of hydroxylamine groups is 2. The molecular formula is C16H22N4O3. The molecule has 0 bridgehead atoms. The van der Waals surface area contributed by atoms with E-state index in [0.29, 0.717) is 29.7 Å². The molecule has 0 aliphatic rings. The van der Waals surface area contributed by atoms with E-state index in [4.69, 9.17) is 4.42 Å². The summed E-state index contributed by atoms with van der Waals surface area (Å²) in [4.78, 5) is 14.9. The minimum atomic E-state index is -0.165.